The predicted molar refractivity (Wildman–Crippen MR) is 75.2 cm³/mol. The van der Waals surface area contributed by atoms with Gasteiger partial charge in [0.1, 0.15) is 5.60 Å². The first-order chi connectivity index (χ1) is 9.16. The van der Waals surface area contributed by atoms with Crippen LogP contribution < -0.4 is 0 Å². The lowest BCUT2D eigenvalue weighted by atomic mass is 9.76. The molecule has 19 heavy (non-hydrogen) atoms. The maximum Gasteiger partial charge on any atom is 0.164 e. The third-order valence-electron chi connectivity index (χ3n) is 4.73. The molecule has 2 aliphatic rings. The molecule has 1 saturated heterocycles. The normalized spacial score (nSPS) is 35.5. The van der Waals surface area contributed by atoms with Crippen LogP contribution in [0.2, 0.25) is 0 Å². The van der Waals surface area contributed by atoms with Crippen molar-refractivity contribution >= 4 is 5.78 Å². The van der Waals surface area contributed by atoms with Gasteiger partial charge in [0, 0.05) is 19.6 Å². The Kier molecular flexibility index (Phi) is 5.40. The lowest BCUT2D eigenvalue weighted by Crippen LogP contribution is -2.45. The minimum absolute atomic E-state index is 0.310. The van der Waals surface area contributed by atoms with Crippen molar-refractivity contribution in [1.29, 1.82) is 0 Å². The summed E-state index contributed by atoms with van der Waals surface area (Å²) in [6.07, 6.45) is 8.13. The van der Waals surface area contributed by atoms with Crippen molar-refractivity contribution in [3.05, 3.63) is 0 Å². The van der Waals surface area contributed by atoms with E-state index in [1.807, 2.05) is 6.92 Å². The Hall–Kier alpha value is -0.410. The first-order valence-corrected chi connectivity index (χ1v) is 7.95. The number of ether oxygens (including phenoxy) is 2. The van der Waals surface area contributed by atoms with E-state index in [4.69, 9.17) is 9.47 Å². The Labute approximate surface area is 117 Å². The highest BCUT2D eigenvalue weighted by atomic mass is 16.5. The minimum Gasteiger partial charge on any atom is -0.378 e. The maximum atomic E-state index is 12.6. The summed E-state index contributed by atoms with van der Waals surface area (Å²) in [5, 5.41) is 0. The first kappa shape index (κ1) is 15.0. The van der Waals surface area contributed by atoms with E-state index < -0.39 is 5.60 Å². The van der Waals surface area contributed by atoms with Crippen molar-refractivity contribution in [3.8, 4) is 0 Å². The summed E-state index contributed by atoms with van der Waals surface area (Å²) in [6, 6.07) is 0. The molecule has 0 radical (unpaired) electrons. The van der Waals surface area contributed by atoms with E-state index in [9.17, 15) is 4.79 Å². The van der Waals surface area contributed by atoms with Gasteiger partial charge in [-0.25, -0.2) is 0 Å². The van der Waals surface area contributed by atoms with Gasteiger partial charge in [0.2, 0.25) is 0 Å². The molecule has 0 bridgehead atoms. The van der Waals surface area contributed by atoms with Gasteiger partial charge in [-0.1, -0.05) is 6.92 Å². The second kappa shape index (κ2) is 6.85. The summed E-state index contributed by atoms with van der Waals surface area (Å²) in [7, 11) is 0. The fourth-order valence-corrected chi connectivity index (χ4v) is 3.40. The van der Waals surface area contributed by atoms with Crippen molar-refractivity contribution in [2.45, 2.75) is 76.9 Å². The number of carbonyl (C=O) groups excluding carboxylic acids is 1. The second-order valence-corrected chi connectivity index (χ2v) is 6.21. The Morgan fingerprint density at radius 1 is 1.32 bits per heavy atom. The van der Waals surface area contributed by atoms with Gasteiger partial charge in [-0.3, -0.25) is 4.79 Å². The predicted octanol–water partition coefficient (Wildman–Crippen LogP) is 3.50. The highest BCUT2D eigenvalue weighted by Crippen LogP contribution is 2.36. The summed E-state index contributed by atoms with van der Waals surface area (Å²) in [6.45, 7) is 5.77. The molecular weight excluding hydrogens is 240 g/mol. The van der Waals surface area contributed by atoms with Crippen LogP contribution in [0, 0.1) is 5.92 Å². The molecule has 0 aromatic rings. The summed E-state index contributed by atoms with van der Waals surface area (Å²) >= 11 is 0. The van der Waals surface area contributed by atoms with Crippen LogP contribution in [0.25, 0.3) is 0 Å². The van der Waals surface area contributed by atoms with Crippen LogP contribution in [0.1, 0.15) is 65.2 Å². The smallest absolute Gasteiger partial charge is 0.164 e. The SMILES string of the molecule is CCOC1(C(=O)CCC2CCCO2)CCC(C)CC1. The van der Waals surface area contributed by atoms with Crippen LogP contribution >= 0.6 is 0 Å². The van der Waals surface area contributed by atoms with Gasteiger partial charge in [0.15, 0.2) is 5.78 Å². The lowest BCUT2D eigenvalue weighted by Gasteiger charge is -2.38. The molecule has 1 saturated carbocycles. The summed E-state index contributed by atoms with van der Waals surface area (Å²) in [5.41, 5.74) is -0.472. The zero-order chi connectivity index (χ0) is 13.7. The van der Waals surface area contributed by atoms with Crippen LogP contribution in [0.3, 0.4) is 0 Å². The molecule has 3 nitrogen and oxygen atoms in total. The molecule has 2 fully saturated rings. The number of Topliss-reactive ketones (excluding diaryl/α,β-unsaturated/α-hetero) is 1. The van der Waals surface area contributed by atoms with Gasteiger partial charge in [-0.2, -0.15) is 0 Å². The Bertz CT molecular complexity index is 286. The highest BCUT2D eigenvalue weighted by molar-refractivity contribution is 5.87. The summed E-state index contributed by atoms with van der Waals surface area (Å²) in [5.74, 6) is 1.05. The molecule has 1 unspecified atom stereocenters. The van der Waals surface area contributed by atoms with E-state index in [1.54, 1.807) is 0 Å². The van der Waals surface area contributed by atoms with E-state index in [0.29, 0.717) is 24.9 Å². The molecule has 1 aliphatic carbocycles. The molecule has 0 aromatic heterocycles. The number of carbonyl (C=O) groups is 1. The van der Waals surface area contributed by atoms with E-state index in [2.05, 4.69) is 6.92 Å². The molecule has 0 aromatic carbocycles. The van der Waals surface area contributed by atoms with Gasteiger partial charge < -0.3 is 9.47 Å². The molecule has 1 aliphatic heterocycles. The van der Waals surface area contributed by atoms with E-state index >= 15 is 0 Å². The highest BCUT2D eigenvalue weighted by Gasteiger charge is 2.41. The van der Waals surface area contributed by atoms with Crippen molar-refractivity contribution in [3.63, 3.8) is 0 Å². The Morgan fingerprint density at radius 3 is 2.63 bits per heavy atom. The van der Waals surface area contributed by atoms with Crippen LogP contribution in [0.5, 0.6) is 0 Å². The fraction of sp³-hybridized carbons (Fsp3) is 0.938. The van der Waals surface area contributed by atoms with Gasteiger partial charge in [0.25, 0.3) is 0 Å². The van der Waals surface area contributed by atoms with E-state index in [0.717, 1.165) is 57.5 Å². The Morgan fingerprint density at radius 2 is 2.05 bits per heavy atom. The van der Waals surface area contributed by atoms with Crippen LogP contribution in [-0.4, -0.2) is 30.7 Å². The maximum absolute atomic E-state index is 12.6. The third-order valence-corrected chi connectivity index (χ3v) is 4.73. The van der Waals surface area contributed by atoms with Crippen molar-refractivity contribution in [2.75, 3.05) is 13.2 Å². The standard InChI is InChI=1S/C16H28O3/c1-3-19-16(10-8-13(2)9-11-16)15(17)7-6-14-5-4-12-18-14/h13-14H,3-12H2,1-2H3. The third kappa shape index (κ3) is 3.79. The van der Waals surface area contributed by atoms with Gasteiger partial charge >= 0.3 is 0 Å². The molecular formula is C16H28O3. The van der Waals surface area contributed by atoms with Crippen molar-refractivity contribution in [2.24, 2.45) is 5.92 Å². The van der Waals surface area contributed by atoms with Gasteiger partial charge in [-0.05, 0) is 57.8 Å². The van der Waals surface area contributed by atoms with Gasteiger partial charge in [-0.15, -0.1) is 0 Å². The first-order valence-electron chi connectivity index (χ1n) is 7.95. The van der Waals surface area contributed by atoms with E-state index in [-0.39, 0.29) is 0 Å². The Balaban J connectivity index is 1.88. The molecule has 110 valence electrons. The summed E-state index contributed by atoms with van der Waals surface area (Å²) in [4.78, 5) is 12.6. The molecule has 0 spiro atoms. The molecule has 0 N–H and O–H groups in total. The largest absolute Gasteiger partial charge is 0.378 e. The molecule has 0 amide bonds. The van der Waals surface area contributed by atoms with Crippen molar-refractivity contribution < 1.29 is 14.3 Å². The topological polar surface area (TPSA) is 35.5 Å². The zero-order valence-electron chi connectivity index (χ0n) is 12.5. The number of hydrogen-bond acceptors (Lipinski definition) is 3. The van der Waals surface area contributed by atoms with Crippen LogP contribution in [0.15, 0.2) is 0 Å². The number of ketones is 1. The average molecular weight is 268 g/mol. The quantitative estimate of drug-likeness (QED) is 0.739. The zero-order valence-corrected chi connectivity index (χ0v) is 12.5. The fourth-order valence-electron chi connectivity index (χ4n) is 3.40. The summed E-state index contributed by atoms with van der Waals surface area (Å²) < 4.78 is 11.5. The molecule has 1 atom stereocenters. The van der Waals surface area contributed by atoms with Crippen molar-refractivity contribution in [1.82, 2.24) is 0 Å². The van der Waals surface area contributed by atoms with Crippen LogP contribution in [-0.2, 0) is 14.3 Å². The lowest BCUT2D eigenvalue weighted by molar-refractivity contribution is -0.150. The number of rotatable bonds is 6. The minimum atomic E-state index is -0.472. The molecule has 1 heterocycles. The average Bonchev–Trinajstić information content (AvgIpc) is 2.92. The van der Waals surface area contributed by atoms with Crippen LogP contribution in [0.4, 0.5) is 0 Å². The second-order valence-electron chi connectivity index (χ2n) is 6.21. The molecule has 2 rings (SSSR count). The monoisotopic (exact) mass is 268 g/mol. The van der Waals surface area contributed by atoms with Gasteiger partial charge in [0.05, 0.1) is 6.10 Å². The molecule has 3 heteroatoms. The van der Waals surface area contributed by atoms with E-state index in [1.165, 1.54) is 0 Å². The number of hydrogen-bond donors (Lipinski definition) is 0.